The fraction of sp³-hybridized carbons (Fsp3) is 0. The van der Waals surface area contributed by atoms with Crippen LogP contribution < -0.4 is 5.73 Å². The Balaban J connectivity index is 0.000000141. The van der Waals surface area contributed by atoms with Gasteiger partial charge in [-0.3, -0.25) is 0 Å². The third-order valence-electron chi connectivity index (χ3n) is 3.83. The first-order valence-corrected chi connectivity index (χ1v) is 8.78. The van der Waals surface area contributed by atoms with Crippen LogP contribution in [0.1, 0.15) is 0 Å². The van der Waals surface area contributed by atoms with Crippen LogP contribution in [0.2, 0.25) is 0 Å². The van der Waals surface area contributed by atoms with Gasteiger partial charge in [-0.2, -0.15) is 0 Å². The Morgan fingerprint density at radius 3 is 1.71 bits per heavy atom. The van der Waals surface area contributed by atoms with Gasteiger partial charge in [0, 0.05) is 20.1 Å². The van der Waals surface area contributed by atoms with Gasteiger partial charge >= 0.3 is 0 Å². The van der Waals surface area contributed by atoms with Gasteiger partial charge in [0.25, 0.3) is 0 Å². The molecule has 0 aromatic heterocycles. The maximum absolute atomic E-state index is 5.84. The molecule has 4 aromatic rings. The number of fused-ring (bicyclic) bond motifs is 2. The van der Waals surface area contributed by atoms with Gasteiger partial charge in [-0.25, -0.2) is 0 Å². The third kappa shape index (κ3) is 3.51. The Morgan fingerprint density at radius 2 is 1.04 bits per heavy atom. The summed E-state index contributed by atoms with van der Waals surface area (Å²) >= 11 is 12.9. The lowest BCUT2D eigenvalue weighted by Gasteiger charge is -2.03. The van der Waals surface area contributed by atoms with Crippen LogP contribution in [0, 0.1) is 0 Å². The molecule has 0 radical (unpaired) electrons. The van der Waals surface area contributed by atoms with Crippen LogP contribution in [0.15, 0.2) is 87.5 Å². The summed E-state index contributed by atoms with van der Waals surface area (Å²) in [6.07, 6.45) is 0. The molecule has 1 nitrogen and oxygen atoms in total. The first kappa shape index (κ1) is 17.1. The molecule has 120 valence electrons. The van der Waals surface area contributed by atoms with E-state index in [0.717, 1.165) is 36.5 Å². The molecule has 24 heavy (non-hydrogen) atoms. The molecule has 0 bridgehead atoms. The maximum atomic E-state index is 5.84. The van der Waals surface area contributed by atoms with Crippen molar-refractivity contribution in [3.8, 4) is 0 Å². The van der Waals surface area contributed by atoms with E-state index in [1.807, 2.05) is 54.6 Å². The Bertz CT molecular complexity index is 929. The molecule has 0 spiro atoms. The van der Waals surface area contributed by atoms with Gasteiger partial charge in [-0.05, 0) is 28.3 Å². The normalized spacial score (nSPS) is 10.5. The van der Waals surface area contributed by atoms with E-state index in [1.54, 1.807) is 0 Å². The summed E-state index contributed by atoms with van der Waals surface area (Å²) in [5, 5.41) is 4.60. The molecule has 4 heteroatoms. The van der Waals surface area contributed by atoms with E-state index in [1.165, 1.54) is 5.39 Å². The van der Waals surface area contributed by atoms with E-state index in [9.17, 15) is 0 Å². The van der Waals surface area contributed by atoms with Gasteiger partial charge in [0.15, 0.2) is 0 Å². The highest BCUT2D eigenvalue weighted by Crippen LogP contribution is 2.28. The highest BCUT2D eigenvalue weighted by atomic mass is 32.1. The number of nitrogen functional groups attached to an aromatic ring is 1. The van der Waals surface area contributed by atoms with E-state index in [0.29, 0.717) is 0 Å². The van der Waals surface area contributed by atoms with E-state index < -0.39 is 0 Å². The molecule has 0 fully saturated rings. The van der Waals surface area contributed by atoms with Crippen molar-refractivity contribution in [2.75, 3.05) is 5.73 Å². The second kappa shape index (κ2) is 7.43. The van der Waals surface area contributed by atoms with Gasteiger partial charge < -0.3 is 5.73 Å². The number of nitrogens with two attached hydrogens (primary N) is 1. The molecule has 4 rings (SSSR count). The molecule has 0 saturated carbocycles. The molecule has 0 atom stereocenters. The zero-order valence-electron chi connectivity index (χ0n) is 12.8. The van der Waals surface area contributed by atoms with Crippen molar-refractivity contribution >= 4 is 65.1 Å². The minimum atomic E-state index is 0.761. The topological polar surface area (TPSA) is 26.0 Å². The number of anilines is 1. The number of rotatable bonds is 0. The summed E-state index contributed by atoms with van der Waals surface area (Å²) in [4.78, 5) is 2.72. The highest BCUT2D eigenvalue weighted by Gasteiger charge is 1.99. The average molecular weight is 368 g/mol. The van der Waals surface area contributed by atoms with Crippen molar-refractivity contribution < 1.29 is 0 Å². The van der Waals surface area contributed by atoms with Crippen molar-refractivity contribution in [2.45, 2.75) is 14.7 Å². The minimum absolute atomic E-state index is 0.761. The predicted octanol–water partition coefficient (Wildman–Crippen LogP) is 6.13. The fourth-order valence-electron chi connectivity index (χ4n) is 2.53. The van der Waals surface area contributed by atoms with Crippen molar-refractivity contribution in [1.29, 1.82) is 0 Å². The molecule has 4 aromatic carbocycles. The van der Waals surface area contributed by atoms with Crippen LogP contribution in [0.5, 0.6) is 0 Å². The van der Waals surface area contributed by atoms with Gasteiger partial charge in [-0.15, -0.1) is 37.9 Å². The monoisotopic (exact) mass is 367 g/mol. The van der Waals surface area contributed by atoms with Gasteiger partial charge in [0.1, 0.15) is 0 Å². The second-order valence-corrected chi connectivity index (χ2v) is 6.78. The first-order chi connectivity index (χ1) is 11.6. The van der Waals surface area contributed by atoms with Gasteiger partial charge in [0.05, 0.1) is 5.69 Å². The SMILES string of the molecule is Nc1c(S)ccc2ccccc12.Sc1ccc2ccccc2c1S. The standard InChI is InChI=1S/C10H9NS.C10H8S2/c11-10-8-4-2-1-3-7(8)5-6-9(10)12;11-9-6-5-7-3-1-2-4-8(7)10(9)12/h1-6,12H,11H2;1-6,11-12H. The molecule has 0 aliphatic carbocycles. The summed E-state index contributed by atoms with van der Waals surface area (Å²) in [6.45, 7) is 0. The Labute approximate surface area is 158 Å². The lowest BCUT2D eigenvalue weighted by Crippen LogP contribution is -1.88. The molecule has 0 amide bonds. The molecule has 0 heterocycles. The molecule has 0 aliphatic heterocycles. The van der Waals surface area contributed by atoms with Crippen LogP contribution in [-0.2, 0) is 0 Å². The van der Waals surface area contributed by atoms with Crippen molar-refractivity contribution in [3.05, 3.63) is 72.8 Å². The number of thiol groups is 3. The van der Waals surface area contributed by atoms with Crippen LogP contribution in [0.4, 0.5) is 5.69 Å². The van der Waals surface area contributed by atoms with E-state index in [-0.39, 0.29) is 0 Å². The van der Waals surface area contributed by atoms with Crippen LogP contribution >= 0.6 is 37.9 Å². The number of hydrogen-bond donors (Lipinski definition) is 4. The first-order valence-electron chi connectivity index (χ1n) is 7.44. The number of benzene rings is 4. The Hall–Kier alpha value is -1.75. The fourth-order valence-corrected chi connectivity index (χ4v) is 3.20. The van der Waals surface area contributed by atoms with E-state index in [2.05, 4.69) is 56.1 Å². The van der Waals surface area contributed by atoms with Crippen LogP contribution in [-0.4, -0.2) is 0 Å². The lowest BCUT2D eigenvalue weighted by atomic mass is 10.1. The van der Waals surface area contributed by atoms with Crippen molar-refractivity contribution in [3.63, 3.8) is 0 Å². The Kier molecular flexibility index (Phi) is 5.29. The summed E-state index contributed by atoms with van der Waals surface area (Å²) < 4.78 is 0. The summed E-state index contributed by atoms with van der Waals surface area (Å²) in [6, 6.07) is 24.1. The summed E-state index contributed by atoms with van der Waals surface area (Å²) in [5.41, 5.74) is 6.60. The lowest BCUT2D eigenvalue weighted by molar-refractivity contribution is 1.32. The molecule has 0 aliphatic rings. The summed E-state index contributed by atoms with van der Waals surface area (Å²) in [5.74, 6) is 0. The van der Waals surface area contributed by atoms with Gasteiger partial charge in [-0.1, -0.05) is 60.7 Å². The summed E-state index contributed by atoms with van der Waals surface area (Å²) in [7, 11) is 0. The Morgan fingerprint density at radius 1 is 0.542 bits per heavy atom. The average Bonchev–Trinajstić information content (AvgIpc) is 2.62. The molecular formula is C20H17NS3. The smallest absolute Gasteiger partial charge is 0.0529 e. The molecule has 0 saturated heterocycles. The quantitative estimate of drug-likeness (QED) is 0.218. The predicted molar refractivity (Wildman–Crippen MR) is 114 cm³/mol. The van der Waals surface area contributed by atoms with Crippen molar-refractivity contribution in [2.24, 2.45) is 0 Å². The zero-order chi connectivity index (χ0) is 17.1. The van der Waals surface area contributed by atoms with Crippen LogP contribution in [0.3, 0.4) is 0 Å². The maximum Gasteiger partial charge on any atom is 0.0529 e. The highest BCUT2D eigenvalue weighted by molar-refractivity contribution is 7.83. The largest absolute Gasteiger partial charge is 0.397 e. The molecule has 0 unspecified atom stereocenters. The van der Waals surface area contributed by atoms with Crippen molar-refractivity contribution in [1.82, 2.24) is 0 Å². The second-order valence-electron chi connectivity index (χ2n) is 5.37. The third-order valence-corrected chi connectivity index (χ3v) is 5.25. The van der Waals surface area contributed by atoms with E-state index >= 15 is 0 Å². The molecule has 2 N–H and O–H groups in total. The minimum Gasteiger partial charge on any atom is -0.397 e. The zero-order valence-corrected chi connectivity index (χ0v) is 15.5. The van der Waals surface area contributed by atoms with Gasteiger partial charge in [0.2, 0.25) is 0 Å². The van der Waals surface area contributed by atoms with Crippen LogP contribution in [0.25, 0.3) is 21.5 Å². The van der Waals surface area contributed by atoms with E-state index in [4.69, 9.17) is 5.73 Å². The molecular weight excluding hydrogens is 350 g/mol. The number of hydrogen-bond acceptors (Lipinski definition) is 4.